The highest BCUT2D eigenvalue weighted by atomic mass is 35.5. The van der Waals surface area contributed by atoms with E-state index in [2.05, 4.69) is 10.6 Å². The van der Waals surface area contributed by atoms with E-state index in [9.17, 15) is 4.79 Å². The van der Waals surface area contributed by atoms with Crippen molar-refractivity contribution in [2.24, 2.45) is 0 Å². The number of rotatable bonds is 5. The van der Waals surface area contributed by atoms with Crippen molar-refractivity contribution in [3.05, 3.63) is 47.0 Å². The molecule has 0 heterocycles. The van der Waals surface area contributed by atoms with Crippen molar-refractivity contribution >= 4 is 46.1 Å². The van der Waals surface area contributed by atoms with Crippen LogP contribution in [-0.4, -0.2) is 25.1 Å². The molecule has 0 atom stereocenters. The van der Waals surface area contributed by atoms with E-state index < -0.39 is 0 Å². The Balaban J connectivity index is 2.18. The molecule has 0 unspecified atom stereocenters. The summed E-state index contributed by atoms with van der Waals surface area (Å²) < 4.78 is 10.5. The average Bonchev–Trinajstić information content (AvgIpc) is 2.56. The fourth-order valence-corrected chi connectivity index (χ4v) is 2.52. The zero-order chi connectivity index (χ0) is 17.7. The number of thiocarbonyl (C=S) groups is 1. The Morgan fingerprint density at radius 2 is 1.79 bits per heavy atom. The molecular formula is C17H17ClN2O3S. The van der Waals surface area contributed by atoms with Gasteiger partial charge in [-0.25, -0.2) is 0 Å². The van der Waals surface area contributed by atoms with Crippen LogP contribution in [0.15, 0.2) is 36.4 Å². The summed E-state index contributed by atoms with van der Waals surface area (Å²) in [5.41, 5.74) is 1.92. The maximum atomic E-state index is 11.4. The van der Waals surface area contributed by atoms with Gasteiger partial charge >= 0.3 is 0 Å². The molecule has 126 valence electrons. The Morgan fingerprint density at radius 3 is 2.42 bits per heavy atom. The number of Topliss-reactive ketones (excluding diaryl/α,β-unsaturated/α-hetero) is 1. The van der Waals surface area contributed by atoms with Crippen LogP contribution in [-0.2, 0) is 0 Å². The Kier molecular flexibility index (Phi) is 6.00. The SMILES string of the molecule is COc1cc(NC(=S)Nc2cccc(C(C)=O)c2)c(OC)cc1Cl. The summed E-state index contributed by atoms with van der Waals surface area (Å²) in [6.07, 6.45) is 0. The quantitative estimate of drug-likeness (QED) is 0.607. The molecule has 2 N–H and O–H groups in total. The van der Waals surface area contributed by atoms with E-state index in [1.54, 1.807) is 30.3 Å². The molecule has 0 fully saturated rings. The predicted molar refractivity (Wildman–Crippen MR) is 101 cm³/mol. The molecule has 0 aromatic heterocycles. The molecule has 24 heavy (non-hydrogen) atoms. The average molecular weight is 365 g/mol. The van der Waals surface area contributed by atoms with Crippen LogP contribution in [0.1, 0.15) is 17.3 Å². The van der Waals surface area contributed by atoms with Crippen LogP contribution in [0.25, 0.3) is 0 Å². The topological polar surface area (TPSA) is 59.6 Å². The van der Waals surface area contributed by atoms with Gasteiger partial charge in [-0.1, -0.05) is 23.7 Å². The number of nitrogens with one attached hydrogen (secondary N) is 2. The Labute approximate surface area is 150 Å². The zero-order valence-electron chi connectivity index (χ0n) is 13.5. The summed E-state index contributed by atoms with van der Waals surface area (Å²) in [5.74, 6) is 1.02. The molecule has 0 aliphatic heterocycles. The number of halogens is 1. The van der Waals surface area contributed by atoms with Crippen molar-refractivity contribution in [3.8, 4) is 11.5 Å². The first kappa shape index (κ1) is 18.0. The van der Waals surface area contributed by atoms with Crippen LogP contribution >= 0.6 is 23.8 Å². The maximum absolute atomic E-state index is 11.4. The van der Waals surface area contributed by atoms with Gasteiger partial charge < -0.3 is 20.1 Å². The molecule has 2 aromatic carbocycles. The zero-order valence-corrected chi connectivity index (χ0v) is 15.0. The van der Waals surface area contributed by atoms with E-state index in [1.807, 2.05) is 6.07 Å². The first-order valence-corrected chi connectivity index (χ1v) is 7.83. The lowest BCUT2D eigenvalue weighted by atomic mass is 10.1. The van der Waals surface area contributed by atoms with E-state index in [0.29, 0.717) is 38.6 Å². The van der Waals surface area contributed by atoms with Crippen LogP contribution in [0.5, 0.6) is 11.5 Å². The normalized spacial score (nSPS) is 10.0. The number of anilines is 2. The lowest BCUT2D eigenvalue weighted by Crippen LogP contribution is -2.19. The Morgan fingerprint density at radius 1 is 1.08 bits per heavy atom. The van der Waals surface area contributed by atoms with Crippen LogP contribution in [0.2, 0.25) is 5.02 Å². The first-order chi connectivity index (χ1) is 11.4. The summed E-state index contributed by atoms with van der Waals surface area (Å²) in [6.45, 7) is 1.51. The molecule has 0 aliphatic rings. The van der Waals surface area contributed by atoms with Crippen molar-refractivity contribution in [1.29, 1.82) is 0 Å². The van der Waals surface area contributed by atoms with Crippen LogP contribution < -0.4 is 20.1 Å². The van der Waals surface area contributed by atoms with Crippen molar-refractivity contribution in [2.45, 2.75) is 6.92 Å². The number of ether oxygens (including phenoxy) is 2. The third-order valence-electron chi connectivity index (χ3n) is 3.25. The van der Waals surface area contributed by atoms with Gasteiger partial charge in [-0.15, -0.1) is 0 Å². The van der Waals surface area contributed by atoms with Gasteiger partial charge in [0.2, 0.25) is 0 Å². The molecule has 0 amide bonds. The minimum Gasteiger partial charge on any atom is -0.495 e. The summed E-state index contributed by atoms with van der Waals surface area (Å²) in [6, 6.07) is 10.4. The highest BCUT2D eigenvalue weighted by molar-refractivity contribution is 7.80. The Hall–Kier alpha value is -2.31. The number of methoxy groups -OCH3 is 2. The van der Waals surface area contributed by atoms with Gasteiger partial charge in [0.1, 0.15) is 11.5 Å². The fraction of sp³-hybridized carbons (Fsp3) is 0.176. The minimum absolute atomic E-state index is 0.0124. The third-order valence-corrected chi connectivity index (χ3v) is 3.75. The second kappa shape index (κ2) is 7.99. The summed E-state index contributed by atoms with van der Waals surface area (Å²) in [7, 11) is 3.07. The molecule has 0 aliphatic carbocycles. The highest BCUT2D eigenvalue weighted by Crippen LogP contribution is 2.35. The summed E-state index contributed by atoms with van der Waals surface area (Å²) in [4.78, 5) is 11.4. The van der Waals surface area contributed by atoms with Crippen LogP contribution in [0.4, 0.5) is 11.4 Å². The van der Waals surface area contributed by atoms with E-state index in [-0.39, 0.29) is 5.78 Å². The lowest BCUT2D eigenvalue weighted by molar-refractivity contribution is 0.101. The maximum Gasteiger partial charge on any atom is 0.175 e. The van der Waals surface area contributed by atoms with Gasteiger partial charge in [0.05, 0.1) is 24.9 Å². The Bertz CT molecular complexity index is 780. The van der Waals surface area contributed by atoms with E-state index in [0.717, 1.165) is 0 Å². The molecule has 7 heteroatoms. The second-order valence-corrected chi connectivity index (χ2v) is 5.72. The molecule has 0 saturated heterocycles. The number of ketones is 1. The largest absolute Gasteiger partial charge is 0.495 e. The van der Waals surface area contributed by atoms with E-state index >= 15 is 0 Å². The van der Waals surface area contributed by atoms with E-state index in [1.165, 1.54) is 21.1 Å². The summed E-state index contributed by atoms with van der Waals surface area (Å²) >= 11 is 11.4. The number of hydrogen-bond acceptors (Lipinski definition) is 4. The van der Waals surface area contributed by atoms with Gasteiger partial charge in [-0.2, -0.15) is 0 Å². The number of benzene rings is 2. The van der Waals surface area contributed by atoms with Gasteiger partial charge in [-0.3, -0.25) is 4.79 Å². The van der Waals surface area contributed by atoms with Gasteiger partial charge in [0.25, 0.3) is 0 Å². The van der Waals surface area contributed by atoms with Crippen LogP contribution in [0.3, 0.4) is 0 Å². The third kappa shape index (κ3) is 4.37. The van der Waals surface area contributed by atoms with Crippen molar-refractivity contribution in [3.63, 3.8) is 0 Å². The van der Waals surface area contributed by atoms with Gasteiger partial charge in [-0.05, 0) is 31.3 Å². The molecule has 0 saturated carbocycles. The predicted octanol–water partition coefficient (Wildman–Crippen LogP) is 4.37. The molecule has 0 radical (unpaired) electrons. The molecule has 0 spiro atoms. The summed E-state index contributed by atoms with van der Waals surface area (Å²) in [5, 5.41) is 6.84. The number of carbonyl (C=O) groups excluding carboxylic acids is 1. The van der Waals surface area contributed by atoms with E-state index in [4.69, 9.17) is 33.3 Å². The highest BCUT2D eigenvalue weighted by Gasteiger charge is 2.11. The second-order valence-electron chi connectivity index (χ2n) is 4.90. The van der Waals surface area contributed by atoms with Crippen molar-refractivity contribution < 1.29 is 14.3 Å². The molecule has 5 nitrogen and oxygen atoms in total. The number of hydrogen-bond donors (Lipinski definition) is 2. The molecule has 2 aromatic rings. The van der Waals surface area contributed by atoms with Gasteiger partial charge in [0, 0.05) is 23.4 Å². The molecule has 0 bridgehead atoms. The van der Waals surface area contributed by atoms with Crippen molar-refractivity contribution in [1.82, 2.24) is 0 Å². The molecular weight excluding hydrogens is 348 g/mol. The molecule has 2 rings (SSSR count). The van der Waals surface area contributed by atoms with Crippen molar-refractivity contribution in [2.75, 3.05) is 24.9 Å². The lowest BCUT2D eigenvalue weighted by Gasteiger charge is -2.15. The van der Waals surface area contributed by atoms with Crippen LogP contribution in [0, 0.1) is 0 Å². The first-order valence-electron chi connectivity index (χ1n) is 7.05. The van der Waals surface area contributed by atoms with Gasteiger partial charge in [0.15, 0.2) is 10.9 Å². The number of carbonyl (C=O) groups is 1. The fourth-order valence-electron chi connectivity index (χ4n) is 2.06. The minimum atomic E-state index is -0.0124. The standard InChI is InChI=1S/C17H17ClN2O3S/c1-10(21)11-5-4-6-12(7-11)19-17(24)20-14-9-15(22-2)13(18)8-16(14)23-3/h4-9H,1-3H3,(H2,19,20,24). The smallest absolute Gasteiger partial charge is 0.175 e. The monoisotopic (exact) mass is 364 g/mol.